The van der Waals surface area contributed by atoms with E-state index in [1.54, 1.807) is 42.9 Å². The maximum Gasteiger partial charge on any atom is 0.230 e. The van der Waals surface area contributed by atoms with Crippen LogP contribution in [0.15, 0.2) is 79.3 Å². The van der Waals surface area contributed by atoms with Crippen LogP contribution in [0.4, 0.5) is 16.0 Å². The minimum Gasteiger partial charge on any atom is -0.506 e. The fourth-order valence-corrected chi connectivity index (χ4v) is 3.19. The lowest BCUT2D eigenvalue weighted by atomic mass is 10.0. The summed E-state index contributed by atoms with van der Waals surface area (Å²) in [6, 6.07) is 17.1. The van der Waals surface area contributed by atoms with E-state index in [0.29, 0.717) is 23.9 Å². The molecule has 0 amide bonds. The molecule has 4 rings (SSSR count). The van der Waals surface area contributed by atoms with Crippen molar-refractivity contribution in [3.05, 3.63) is 85.1 Å². The van der Waals surface area contributed by atoms with Gasteiger partial charge in [0.2, 0.25) is 5.95 Å². The number of hydrogen-bond acceptors (Lipinski definition) is 5. The molecule has 2 heterocycles. The molecule has 0 bridgehead atoms. The van der Waals surface area contributed by atoms with E-state index in [4.69, 9.17) is 4.98 Å². The molecular formula is C23H19FN4O. The molecule has 0 aliphatic carbocycles. The molecule has 0 atom stereocenters. The van der Waals surface area contributed by atoms with Gasteiger partial charge in [0.1, 0.15) is 11.6 Å². The van der Waals surface area contributed by atoms with Crippen LogP contribution in [0.1, 0.15) is 6.92 Å². The van der Waals surface area contributed by atoms with Crippen molar-refractivity contribution in [1.29, 1.82) is 0 Å². The standard InChI is InChI=1S/C23H19FN4O/c1-2-28(20-5-3-4-6-21(20)29)23-26-15-19(16-7-9-18(24)10-8-16)22(27-23)17-11-13-25-14-12-17/h3-15,29H,2H2,1H3. The molecule has 2 aromatic carbocycles. The third-order valence-corrected chi connectivity index (χ3v) is 4.62. The molecule has 6 heteroatoms. The lowest BCUT2D eigenvalue weighted by Gasteiger charge is -2.23. The van der Waals surface area contributed by atoms with E-state index in [1.807, 2.05) is 36.1 Å². The Morgan fingerprint density at radius 2 is 1.66 bits per heavy atom. The predicted molar refractivity (Wildman–Crippen MR) is 111 cm³/mol. The highest BCUT2D eigenvalue weighted by atomic mass is 19.1. The Balaban J connectivity index is 1.87. The van der Waals surface area contributed by atoms with E-state index in [0.717, 1.165) is 16.7 Å². The predicted octanol–water partition coefficient (Wildman–Crippen LogP) is 5.21. The minimum atomic E-state index is -0.298. The van der Waals surface area contributed by atoms with Crippen molar-refractivity contribution in [3.63, 3.8) is 0 Å². The van der Waals surface area contributed by atoms with Gasteiger partial charge in [-0.3, -0.25) is 4.98 Å². The van der Waals surface area contributed by atoms with Crippen LogP contribution in [0.3, 0.4) is 0 Å². The van der Waals surface area contributed by atoms with Crippen molar-refractivity contribution >= 4 is 11.6 Å². The van der Waals surface area contributed by atoms with Crippen molar-refractivity contribution in [2.75, 3.05) is 11.4 Å². The number of aromatic hydroxyl groups is 1. The third-order valence-electron chi connectivity index (χ3n) is 4.62. The summed E-state index contributed by atoms with van der Waals surface area (Å²) in [5.74, 6) is 0.325. The molecule has 0 saturated heterocycles. The Hall–Kier alpha value is -3.80. The van der Waals surface area contributed by atoms with Crippen LogP contribution in [0.5, 0.6) is 5.75 Å². The number of hydrogen-bond donors (Lipinski definition) is 1. The number of benzene rings is 2. The van der Waals surface area contributed by atoms with Crippen molar-refractivity contribution in [3.8, 4) is 28.1 Å². The summed E-state index contributed by atoms with van der Waals surface area (Å²) in [6.45, 7) is 2.54. The van der Waals surface area contributed by atoms with Crippen molar-refractivity contribution in [2.24, 2.45) is 0 Å². The molecule has 0 fully saturated rings. The van der Waals surface area contributed by atoms with Crippen LogP contribution < -0.4 is 4.90 Å². The summed E-state index contributed by atoms with van der Waals surface area (Å²) < 4.78 is 13.4. The van der Waals surface area contributed by atoms with Gasteiger partial charge in [0.05, 0.1) is 11.4 Å². The summed E-state index contributed by atoms with van der Waals surface area (Å²) in [5, 5.41) is 10.3. The molecule has 0 unspecified atom stereocenters. The second-order valence-electron chi connectivity index (χ2n) is 6.41. The fourth-order valence-electron chi connectivity index (χ4n) is 3.19. The molecule has 5 nitrogen and oxygen atoms in total. The first-order chi connectivity index (χ1) is 14.2. The van der Waals surface area contributed by atoms with Gasteiger partial charge < -0.3 is 10.0 Å². The molecule has 4 aromatic rings. The average molecular weight is 386 g/mol. The van der Waals surface area contributed by atoms with Crippen LogP contribution >= 0.6 is 0 Å². The zero-order chi connectivity index (χ0) is 20.2. The van der Waals surface area contributed by atoms with Crippen LogP contribution in [0, 0.1) is 5.82 Å². The maximum absolute atomic E-state index is 13.4. The smallest absolute Gasteiger partial charge is 0.230 e. The van der Waals surface area contributed by atoms with Gasteiger partial charge in [-0.15, -0.1) is 0 Å². The zero-order valence-corrected chi connectivity index (χ0v) is 15.8. The molecule has 0 radical (unpaired) electrons. The normalized spacial score (nSPS) is 10.7. The molecule has 0 aliphatic rings. The number of pyridine rings is 1. The Kier molecular flexibility index (Phi) is 5.16. The van der Waals surface area contributed by atoms with Crippen LogP contribution in [-0.2, 0) is 0 Å². The molecular weight excluding hydrogens is 367 g/mol. The summed E-state index contributed by atoms with van der Waals surface area (Å²) in [4.78, 5) is 15.3. The summed E-state index contributed by atoms with van der Waals surface area (Å²) >= 11 is 0. The van der Waals surface area contributed by atoms with Crippen LogP contribution in [0.2, 0.25) is 0 Å². The summed E-state index contributed by atoms with van der Waals surface area (Å²) in [6.07, 6.45) is 5.13. The van der Waals surface area contributed by atoms with E-state index in [2.05, 4.69) is 9.97 Å². The largest absolute Gasteiger partial charge is 0.506 e. The summed E-state index contributed by atoms with van der Waals surface area (Å²) in [5.41, 5.74) is 3.81. The number of halogens is 1. The topological polar surface area (TPSA) is 62.1 Å². The Labute approximate surface area is 168 Å². The third kappa shape index (κ3) is 3.78. The number of phenols is 1. The maximum atomic E-state index is 13.4. The summed E-state index contributed by atoms with van der Waals surface area (Å²) in [7, 11) is 0. The van der Waals surface area contributed by atoms with E-state index >= 15 is 0 Å². The minimum absolute atomic E-state index is 0.158. The fraction of sp³-hybridized carbons (Fsp3) is 0.0870. The van der Waals surface area contributed by atoms with Gasteiger partial charge in [0, 0.05) is 36.3 Å². The second kappa shape index (κ2) is 8.06. The zero-order valence-electron chi connectivity index (χ0n) is 15.8. The number of phenolic OH excluding ortho intramolecular Hbond substituents is 1. The number of rotatable bonds is 5. The Morgan fingerprint density at radius 3 is 2.34 bits per heavy atom. The van der Waals surface area contributed by atoms with Gasteiger partial charge in [0.15, 0.2) is 0 Å². The van der Waals surface area contributed by atoms with Crippen LogP contribution in [0.25, 0.3) is 22.4 Å². The van der Waals surface area contributed by atoms with Gasteiger partial charge >= 0.3 is 0 Å². The highest BCUT2D eigenvalue weighted by Crippen LogP contribution is 2.35. The quantitative estimate of drug-likeness (QED) is 0.510. The monoisotopic (exact) mass is 386 g/mol. The molecule has 0 aliphatic heterocycles. The Bertz CT molecular complexity index is 1120. The van der Waals surface area contributed by atoms with Gasteiger partial charge in [-0.1, -0.05) is 24.3 Å². The molecule has 144 valence electrons. The molecule has 29 heavy (non-hydrogen) atoms. The van der Waals surface area contributed by atoms with Gasteiger partial charge in [0.25, 0.3) is 0 Å². The van der Waals surface area contributed by atoms with Crippen LogP contribution in [-0.4, -0.2) is 26.6 Å². The first kappa shape index (κ1) is 18.6. The first-order valence-corrected chi connectivity index (χ1v) is 9.26. The van der Waals surface area contributed by atoms with E-state index in [-0.39, 0.29) is 11.6 Å². The molecule has 2 aromatic heterocycles. The SMILES string of the molecule is CCN(c1ncc(-c2ccc(F)cc2)c(-c2ccncc2)n1)c1ccccc1O. The van der Waals surface area contributed by atoms with Gasteiger partial charge in [-0.05, 0) is 48.9 Å². The lowest BCUT2D eigenvalue weighted by molar-refractivity contribution is 0.475. The van der Waals surface area contributed by atoms with E-state index in [1.165, 1.54) is 12.1 Å². The average Bonchev–Trinajstić information content (AvgIpc) is 2.77. The number of anilines is 2. The number of nitrogens with zero attached hydrogens (tertiary/aromatic N) is 4. The Morgan fingerprint density at radius 1 is 0.931 bits per heavy atom. The van der Waals surface area contributed by atoms with E-state index in [9.17, 15) is 9.50 Å². The van der Waals surface area contributed by atoms with Crippen molar-refractivity contribution in [1.82, 2.24) is 15.0 Å². The first-order valence-electron chi connectivity index (χ1n) is 9.26. The number of para-hydroxylation sites is 2. The highest BCUT2D eigenvalue weighted by molar-refractivity contribution is 5.81. The van der Waals surface area contributed by atoms with Gasteiger partial charge in [-0.25, -0.2) is 14.4 Å². The molecule has 1 N–H and O–H groups in total. The molecule has 0 spiro atoms. The van der Waals surface area contributed by atoms with E-state index < -0.39 is 0 Å². The van der Waals surface area contributed by atoms with Crippen molar-refractivity contribution in [2.45, 2.75) is 6.92 Å². The lowest BCUT2D eigenvalue weighted by Crippen LogP contribution is -2.19. The van der Waals surface area contributed by atoms with Gasteiger partial charge in [-0.2, -0.15) is 0 Å². The van der Waals surface area contributed by atoms with Crippen molar-refractivity contribution < 1.29 is 9.50 Å². The second-order valence-corrected chi connectivity index (χ2v) is 6.41. The highest BCUT2D eigenvalue weighted by Gasteiger charge is 2.18. The molecule has 0 saturated carbocycles. The number of aromatic nitrogens is 3.